The van der Waals surface area contributed by atoms with Crippen LogP contribution in [0, 0.1) is 65.0 Å². The molecule has 400 valence electrons. The molecule has 0 rings (SSSR count). The van der Waals surface area contributed by atoms with Gasteiger partial charge in [0.15, 0.2) is 0 Å². The number of carbonyl (C=O) groups excluding carboxylic acids is 4. The van der Waals surface area contributed by atoms with Gasteiger partial charge in [0.05, 0.1) is 0 Å². The molecule has 0 heterocycles. The third-order valence-electron chi connectivity index (χ3n) is 11.7. The van der Waals surface area contributed by atoms with Crippen molar-refractivity contribution >= 4 is 43.9 Å². The van der Waals surface area contributed by atoms with Crippen molar-refractivity contribution in [2.45, 2.75) is 249 Å². The Balaban J connectivity index is 10.3. The molecule has 0 aliphatic heterocycles. The van der Waals surface area contributed by atoms with E-state index >= 15 is 19.2 Å². The number of carbonyl (C=O) groups is 4. The molecule has 0 radical (unpaired) electrons. The minimum atomic E-state index is -7.03. The molecule has 0 aliphatic carbocycles. The fourth-order valence-electron chi connectivity index (χ4n) is 11.4. The van der Waals surface area contributed by atoms with Gasteiger partial charge in [0.25, 0.3) is 0 Å². The SMILES string of the molecule is CC(C)(C)C(C(=O)[O][Sn]([O]C(=O)C(=C(C(C)(C)C)C(C)(C)C)C(C)(C)C)([O]C(=O)C(=C(C(C)(C)C)C(C)(C)C)C(C)(C)C)[O]C(=O)C(=C(C(C)(C)C)C(C)(C)C)C(C)(C)C)=C(C(C)(C)C)C(C)(C)C. The minimum absolute atomic E-state index is 0.316. The quantitative estimate of drug-likeness (QED) is 0.175. The first-order valence-electron chi connectivity index (χ1n) is 25.4. The van der Waals surface area contributed by atoms with Crippen LogP contribution in [0.5, 0.6) is 0 Å². The molecular formula is C60H108O8Sn. The first kappa shape index (κ1) is 66.6. The van der Waals surface area contributed by atoms with Crippen molar-refractivity contribution in [3.05, 3.63) is 44.6 Å². The van der Waals surface area contributed by atoms with Crippen LogP contribution in [0.2, 0.25) is 0 Å². The Hall–Kier alpha value is -2.36. The first-order valence-corrected chi connectivity index (χ1v) is 30.1. The molecule has 0 amide bonds. The van der Waals surface area contributed by atoms with Crippen LogP contribution in [0.25, 0.3) is 0 Å². The van der Waals surface area contributed by atoms with Gasteiger partial charge in [0.1, 0.15) is 0 Å². The van der Waals surface area contributed by atoms with Crippen molar-refractivity contribution < 1.29 is 31.5 Å². The monoisotopic (exact) mass is 1080 g/mol. The standard InChI is InChI=1S/4C15H28O2.Sn/c4*1-13(2,3)10(12(16)17)11(14(4,5)6)15(7,8)9;/h4*1-9H3,(H,16,17);/q;;;;+4/p-4. The van der Waals surface area contributed by atoms with Gasteiger partial charge in [0.2, 0.25) is 0 Å². The molecule has 0 bridgehead atoms. The average Bonchev–Trinajstić information content (AvgIpc) is 2.95. The molecule has 0 fully saturated rings. The summed E-state index contributed by atoms with van der Waals surface area (Å²) in [6, 6.07) is 0. The van der Waals surface area contributed by atoms with Crippen molar-refractivity contribution in [2.75, 3.05) is 0 Å². The number of rotatable bonds is 8. The van der Waals surface area contributed by atoms with Gasteiger partial charge in [-0.15, -0.1) is 0 Å². The third kappa shape index (κ3) is 18.0. The van der Waals surface area contributed by atoms with E-state index in [0.717, 1.165) is 22.3 Å². The Bertz CT molecular complexity index is 1680. The van der Waals surface area contributed by atoms with E-state index in [-0.39, 0.29) is 0 Å². The molecule has 0 aromatic heterocycles. The molecule has 8 nitrogen and oxygen atoms in total. The second-order valence-electron chi connectivity index (χ2n) is 32.1. The summed E-state index contributed by atoms with van der Waals surface area (Å²) in [6.07, 6.45) is 0. The Morgan fingerprint density at radius 2 is 0.304 bits per heavy atom. The molecule has 0 spiro atoms. The van der Waals surface area contributed by atoms with E-state index in [2.05, 4.69) is 0 Å². The second-order valence-corrected chi connectivity index (χ2v) is 37.2. The summed E-state index contributed by atoms with van der Waals surface area (Å²) >= 11 is -7.03. The van der Waals surface area contributed by atoms with Gasteiger partial charge in [-0.05, 0) is 0 Å². The van der Waals surface area contributed by atoms with Crippen LogP contribution >= 0.6 is 0 Å². The molecule has 0 saturated carbocycles. The first-order chi connectivity index (χ1) is 29.5. The van der Waals surface area contributed by atoms with Gasteiger partial charge in [0, 0.05) is 0 Å². The van der Waals surface area contributed by atoms with Crippen molar-refractivity contribution in [3.8, 4) is 0 Å². The van der Waals surface area contributed by atoms with E-state index in [1.165, 1.54) is 0 Å². The Labute approximate surface area is 431 Å². The van der Waals surface area contributed by atoms with Crippen LogP contribution in [-0.4, -0.2) is 43.9 Å². The van der Waals surface area contributed by atoms with Crippen molar-refractivity contribution in [3.63, 3.8) is 0 Å². The maximum atomic E-state index is 15.9. The van der Waals surface area contributed by atoms with Crippen molar-refractivity contribution in [1.29, 1.82) is 0 Å². The molecule has 69 heavy (non-hydrogen) atoms. The van der Waals surface area contributed by atoms with E-state index in [4.69, 9.17) is 12.3 Å². The maximum absolute atomic E-state index is 15.9. The summed E-state index contributed by atoms with van der Waals surface area (Å²) in [7, 11) is 0. The van der Waals surface area contributed by atoms with Gasteiger partial charge < -0.3 is 0 Å². The molecule has 9 heteroatoms. The van der Waals surface area contributed by atoms with E-state index < -0.39 is 109 Å². The summed E-state index contributed by atoms with van der Waals surface area (Å²) in [5, 5.41) is 0. The molecule has 0 saturated heterocycles. The van der Waals surface area contributed by atoms with Gasteiger partial charge >= 0.3 is 434 Å². The van der Waals surface area contributed by atoms with Crippen LogP contribution in [0.4, 0.5) is 0 Å². The van der Waals surface area contributed by atoms with Crippen molar-refractivity contribution in [2.24, 2.45) is 65.0 Å². The third-order valence-corrected chi connectivity index (χ3v) is 16.7. The Morgan fingerprint density at radius 1 is 0.203 bits per heavy atom. The fourth-order valence-corrected chi connectivity index (χ4v) is 15.9. The van der Waals surface area contributed by atoms with Crippen LogP contribution in [0.1, 0.15) is 249 Å². The van der Waals surface area contributed by atoms with Gasteiger partial charge in [-0.25, -0.2) is 0 Å². The van der Waals surface area contributed by atoms with Gasteiger partial charge in [-0.1, -0.05) is 0 Å². The van der Waals surface area contributed by atoms with E-state index in [9.17, 15) is 0 Å². The molecule has 0 aromatic rings. The van der Waals surface area contributed by atoms with Crippen LogP contribution in [-0.2, 0) is 31.5 Å². The van der Waals surface area contributed by atoms with Crippen molar-refractivity contribution in [1.82, 2.24) is 0 Å². The summed E-state index contributed by atoms with van der Waals surface area (Å²) in [5.41, 5.74) is -3.47. The van der Waals surface area contributed by atoms with Crippen LogP contribution < -0.4 is 0 Å². The fraction of sp³-hybridized carbons (Fsp3) is 0.800. The topological polar surface area (TPSA) is 105 Å². The van der Waals surface area contributed by atoms with E-state index in [1.54, 1.807) is 0 Å². The van der Waals surface area contributed by atoms with Crippen LogP contribution in [0.3, 0.4) is 0 Å². The normalized spacial score (nSPS) is 14.3. The molecule has 0 aliphatic rings. The average molecular weight is 1080 g/mol. The zero-order chi connectivity index (χ0) is 56.3. The number of hydrogen-bond acceptors (Lipinski definition) is 8. The molecule has 0 unspecified atom stereocenters. The summed E-state index contributed by atoms with van der Waals surface area (Å²) < 4.78 is 27.5. The Kier molecular flexibility index (Phi) is 19.8. The van der Waals surface area contributed by atoms with Gasteiger partial charge in [-0.2, -0.15) is 0 Å². The Morgan fingerprint density at radius 3 is 0.377 bits per heavy atom. The zero-order valence-corrected chi connectivity index (χ0v) is 54.6. The summed E-state index contributed by atoms with van der Waals surface area (Å²) in [6.45, 7) is 72.3. The van der Waals surface area contributed by atoms with Crippen LogP contribution in [0.15, 0.2) is 44.6 Å². The van der Waals surface area contributed by atoms with E-state index in [0.29, 0.717) is 22.3 Å². The number of allylic oxidation sites excluding steroid dienone is 4. The number of hydrogen-bond donors (Lipinski definition) is 0. The molecule has 0 aromatic carbocycles. The predicted octanol–water partition coefficient (Wildman–Crippen LogP) is 17.3. The van der Waals surface area contributed by atoms with E-state index in [1.807, 2.05) is 249 Å². The molecular weight excluding hydrogens is 967 g/mol. The predicted molar refractivity (Wildman–Crippen MR) is 292 cm³/mol. The molecule has 0 atom stereocenters. The second kappa shape index (κ2) is 20.5. The van der Waals surface area contributed by atoms with Gasteiger partial charge in [-0.3, -0.25) is 0 Å². The zero-order valence-electron chi connectivity index (χ0n) is 51.8. The summed E-state index contributed by atoms with van der Waals surface area (Å²) in [4.78, 5) is 63.6. The summed E-state index contributed by atoms with van der Waals surface area (Å²) in [5.74, 6) is -3.50. The molecule has 0 N–H and O–H groups in total.